The standard InChI is InChI=1S/C18H22N2O2/c1-4-20-12-16(11-19-20)18(21)9-8-15-6-5-7-17(10-15)22-13-14(2)3/h5-12,14H,4,13H2,1-3H3/b9-8+. The van der Waals surface area contributed by atoms with Crippen LogP contribution < -0.4 is 4.74 Å². The Hall–Kier alpha value is -2.36. The Kier molecular flexibility index (Phi) is 5.53. The van der Waals surface area contributed by atoms with Crippen molar-refractivity contribution in [2.45, 2.75) is 27.3 Å². The summed E-state index contributed by atoms with van der Waals surface area (Å²) in [6.45, 7) is 7.64. The number of hydrogen-bond acceptors (Lipinski definition) is 3. The van der Waals surface area contributed by atoms with Crippen LogP contribution in [0.25, 0.3) is 6.08 Å². The maximum atomic E-state index is 12.1. The zero-order valence-electron chi connectivity index (χ0n) is 13.3. The SMILES string of the molecule is CCn1cc(C(=O)/C=C/c2cccc(OCC(C)C)c2)cn1. The first kappa shape index (κ1) is 16.0. The van der Waals surface area contributed by atoms with E-state index in [1.165, 1.54) is 0 Å². The second kappa shape index (κ2) is 7.59. The van der Waals surface area contributed by atoms with Crippen LogP contribution in [0.5, 0.6) is 5.75 Å². The molecule has 116 valence electrons. The summed E-state index contributed by atoms with van der Waals surface area (Å²) < 4.78 is 7.42. The molecule has 0 aliphatic rings. The number of nitrogens with zero attached hydrogens (tertiary/aromatic N) is 2. The molecule has 4 nitrogen and oxygen atoms in total. The van der Waals surface area contributed by atoms with E-state index < -0.39 is 0 Å². The molecule has 0 bridgehead atoms. The van der Waals surface area contributed by atoms with Crippen molar-refractivity contribution in [2.24, 2.45) is 5.92 Å². The number of aryl methyl sites for hydroxylation is 1. The minimum absolute atomic E-state index is 0.0480. The van der Waals surface area contributed by atoms with Gasteiger partial charge in [0.05, 0.1) is 18.4 Å². The van der Waals surface area contributed by atoms with E-state index in [4.69, 9.17) is 4.74 Å². The average Bonchev–Trinajstić information content (AvgIpc) is 3.00. The van der Waals surface area contributed by atoms with Crippen LogP contribution in [0.3, 0.4) is 0 Å². The van der Waals surface area contributed by atoms with Gasteiger partial charge in [-0.25, -0.2) is 0 Å². The van der Waals surface area contributed by atoms with Gasteiger partial charge >= 0.3 is 0 Å². The predicted molar refractivity (Wildman–Crippen MR) is 88.0 cm³/mol. The van der Waals surface area contributed by atoms with Gasteiger partial charge < -0.3 is 4.74 Å². The molecule has 0 saturated heterocycles. The van der Waals surface area contributed by atoms with E-state index >= 15 is 0 Å². The Morgan fingerprint density at radius 1 is 1.41 bits per heavy atom. The Balaban J connectivity index is 2.02. The van der Waals surface area contributed by atoms with Crippen LogP contribution in [0.4, 0.5) is 0 Å². The molecule has 2 rings (SSSR count). The van der Waals surface area contributed by atoms with Gasteiger partial charge in [-0.3, -0.25) is 9.48 Å². The lowest BCUT2D eigenvalue weighted by Gasteiger charge is -2.08. The van der Waals surface area contributed by atoms with Gasteiger partial charge in [-0.15, -0.1) is 0 Å². The van der Waals surface area contributed by atoms with Gasteiger partial charge in [-0.1, -0.05) is 32.1 Å². The van der Waals surface area contributed by atoms with Crippen LogP contribution >= 0.6 is 0 Å². The molecular weight excluding hydrogens is 276 g/mol. The van der Waals surface area contributed by atoms with E-state index in [2.05, 4.69) is 18.9 Å². The largest absolute Gasteiger partial charge is 0.493 e. The van der Waals surface area contributed by atoms with Gasteiger partial charge in [0.15, 0.2) is 5.78 Å². The Morgan fingerprint density at radius 3 is 2.91 bits per heavy atom. The highest BCUT2D eigenvalue weighted by Gasteiger charge is 2.04. The van der Waals surface area contributed by atoms with E-state index in [0.29, 0.717) is 18.1 Å². The fraction of sp³-hybridized carbons (Fsp3) is 0.333. The van der Waals surface area contributed by atoms with E-state index in [-0.39, 0.29) is 5.78 Å². The smallest absolute Gasteiger partial charge is 0.189 e. The fourth-order valence-corrected chi connectivity index (χ4v) is 1.90. The number of aromatic nitrogens is 2. The summed E-state index contributed by atoms with van der Waals surface area (Å²) in [6.07, 6.45) is 6.72. The third-order valence-corrected chi connectivity index (χ3v) is 3.11. The van der Waals surface area contributed by atoms with Gasteiger partial charge in [0, 0.05) is 12.7 Å². The summed E-state index contributed by atoms with van der Waals surface area (Å²) >= 11 is 0. The number of ketones is 1. The van der Waals surface area contributed by atoms with Crippen LogP contribution in [0.15, 0.2) is 42.7 Å². The molecule has 1 aromatic heterocycles. The Morgan fingerprint density at radius 2 is 2.23 bits per heavy atom. The molecule has 0 spiro atoms. The monoisotopic (exact) mass is 298 g/mol. The summed E-state index contributed by atoms with van der Waals surface area (Å²) in [6, 6.07) is 7.73. The van der Waals surface area contributed by atoms with Crippen molar-refractivity contribution in [1.82, 2.24) is 9.78 Å². The summed E-state index contributed by atoms with van der Waals surface area (Å²) in [5, 5.41) is 4.11. The normalized spacial score (nSPS) is 11.3. The molecule has 0 amide bonds. The molecule has 2 aromatic rings. The molecule has 1 aromatic carbocycles. The average molecular weight is 298 g/mol. The molecule has 0 atom stereocenters. The number of carbonyl (C=O) groups is 1. The summed E-state index contributed by atoms with van der Waals surface area (Å²) in [4.78, 5) is 12.1. The topological polar surface area (TPSA) is 44.1 Å². The quantitative estimate of drug-likeness (QED) is 0.576. The van der Waals surface area contributed by atoms with Crippen LogP contribution in [0.2, 0.25) is 0 Å². The molecule has 0 aliphatic heterocycles. The Labute approximate surface area is 131 Å². The zero-order chi connectivity index (χ0) is 15.9. The lowest BCUT2D eigenvalue weighted by atomic mass is 10.1. The van der Waals surface area contributed by atoms with E-state index in [9.17, 15) is 4.79 Å². The number of carbonyl (C=O) groups excluding carboxylic acids is 1. The van der Waals surface area contributed by atoms with Crippen molar-refractivity contribution < 1.29 is 9.53 Å². The van der Waals surface area contributed by atoms with E-state index in [1.807, 2.05) is 31.2 Å². The molecule has 0 radical (unpaired) electrons. The minimum atomic E-state index is -0.0480. The van der Waals surface area contributed by atoms with Gasteiger partial charge in [-0.2, -0.15) is 5.10 Å². The molecule has 0 aliphatic carbocycles. The molecule has 0 saturated carbocycles. The van der Waals surface area contributed by atoms with Crippen molar-refractivity contribution in [3.63, 3.8) is 0 Å². The second-order valence-electron chi connectivity index (χ2n) is 5.56. The molecular formula is C18H22N2O2. The molecule has 22 heavy (non-hydrogen) atoms. The first-order valence-corrected chi connectivity index (χ1v) is 7.56. The van der Waals surface area contributed by atoms with Crippen molar-refractivity contribution >= 4 is 11.9 Å². The molecule has 0 unspecified atom stereocenters. The minimum Gasteiger partial charge on any atom is -0.493 e. The predicted octanol–water partition coefficient (Wildman–Crippen LogP) is 3.83. The molecule has 4 heteroatoms. The number of rotatable bonds is 7. The van der Waals surface area contributed by atoms with Crippen molar-refractivity contribution in [2.75, 3.05) is 6.61 Å². The number of benzene rings is 1. The summed E-state index contributed by atoms with van der Waals surface area (Å²) in [7, 11) is 0. The number of ether oxygens (including phenoxy) is 1. The molecule has 0 fully saturated rings. The van der Waals surface area contributed by atoms with Crippen LogP contribution in [0, 0.1) is 5.92 Å². The van der Waals surface area contributed by atoms with Crippen LogP contribution in [0.1, 0.15) is 36.7 Å². The number of allylic oxidation sites excluding steroid dienone is 1. The van der Waals surface area contributed by atoms with E-state index in [0.717, 1.165) is 17.9 Å². The lowest BCUT2D eigenvalue weighted by molar-refractivity contribution is 0.104. The van der Waals surface area contributed by atoms with Crippen LogP contribution in [-0.2, 0) is 6.54 Å². The summed E-state index contributed by atoms with van der Waals surface area (Å²) in [5.74, 6) is 1.26. The van der Waals surface area contributed by atoms with Gasteiger partial charge in [0.25, 0.3) is 0 Å². The fourth-order valence-electron chi connectivity index (χ4n) is 1.90. The maximum absolute atomic E-state index is 12.1. The highest BCUT2D eigenvalue weighted by molar-refractivity contribution is 6.06. The third-order valence-electron chi connectivity index (χ3n) is 3.11. The first-order valence-electron chi connectivity index (χ1n) is 7.56. The lowest BCUT2D eigenvalue weighted by Crippen LogP contribution is -2.04. The number of hydrogen-bond donors (Lipinski definition) is 0. The second-order valence-corrected chi connectivity index (χ2v) is 5.56. The highest BCUT2D eigenvalue weighted by atomic mass is 16.5. The Bertz CT molecular complexity index is 657. The zero-order valence-corrected chi connectivity index (χ0v) is 13.3. The summed E-state index contributed by atoms with van der Waals surface area (Å²) in [5.41, 5.74) is 1.54. The third kappa shape index (κ3) is 4.58. The van der Waals surface area contributed by atoms with Gasteiger partial charge in [-0.05, 0) is 36.6 Å². The van der Waals surface area contributed by atoms with Gasteiger partial charge in [0.2, 0.25) is 0 Å². The van der Waals surface area contributed by atoms with Crippen molar-refractivity contribution in [3.05, 3.63) is 53.9 Å². The van der Waals surface area contributed by atoms with Crippen LogP contribution in [-0.4, -0.2) is 22.2 Å². The molecule has 0 N–H and O–H groups in total. The highest BCUT2D eigenvalue weighted by Crippen LogP contribution is 2.15. The molecule has 1 heterocycles. The van der Waals surface area contributed by atoms with E-state index in [1.54, 1.807) is 29.2 Å². The maximum Gasteiger partial charge on any atom is 0.189 e. The van der Waals surface area contributed by atoms with Crippen molar-refractivity contribution in [1.29, 1.82) is 0 Å². The van der Waals surface area contributed by atoms with Gasteiger partial charge in [0.1, 0.15) is 5.75 Å². The van der Waals surface area contributed by atoms with Crippen molar-refractivity contribution in [3.8, 4) is 5.75 Å². The first-order chi connectivity index (χ1) is 10.6.